The second kappa shape index (κ2) is 4.48. The van der Waals surface area contributed by atoms with Gasteiger partial charge in [-0.1, -0.05) is 24.5 Å². The van der Waals surface area contributed by atoms with E-state index in [-0.39, 0.29) is 0 Å². The van der Waals surface area contributed by atoms with Gasteiger partial charge in [0.25, 0.3) is 0 Å². The zero-order valence-electron chi connectivity index (χ0n) is 9.44. The Kier molecular flexibility index (Phi) is 3.27. The van der Waals surface area contributed by atoms with Crippen LogP contribution in [0.1, 0.15) is 58.3 Å². The quantitative estimate of drug-likeness (QED) is 0.629. The molecular formula is C13H23N. The topological polar surface area (TPSA) is 12.0 Å². The number of hydrogen-bond donors (Lipinski definition) is 1. The van der Waals surface area contributed by atoms with Crippen molar-refractivity contribution in [3.63, 3.8) is 0 Å². The summed E-state index contributed by atoms with van der Waals surface area (Å²) in [6.07, 6.45) is 13.6. The average Bonchev–Trinajstić information content (AvgIpc) is 2.52. The van der Waals surface area contributed by atoms with Crippen LogP contribution in [0, 0.1) is 0 Å². The van der Waals surface area contributed by atoms with Crippen molar-refractivity contribution in [1.82, 2.24) is 5.32 Å². The molecule has 0 amide bonds. The monoisotopic (exact) mass is 193 g/mol. The smallest absolute Gasteiger partial charge is 0.0365 e. The van der Waals surface area contributed by atoms with Crippen LogP contribution in [0.25, 0.3) is 0 Å². The van der Waals surface area contributed by atoms with Crippen LogP contribution in [-0.4, -0.2) is 12.1 Å². The van der Waals surface area contributed by atoms with Crippen molar-refractivity contribution in [2.75, 3.05) is 6.54 Å². The summed E-state index contributed by atoms with van der Waals surface area (Å²) < 4.78 is 0. The first kappa shape index (κ1) is 10.2. The van der Waals surface area contributed by atoms with Crippen molar-refractivity contribution >= 4 is 0 Å². The first-order valence-electron chi connectivity index (χ1n) is 6.26. The summed E-state index contributed by atoms with van der Waals surface area (Å²) in [7, 11) is 0. The van der Waals surface area contributed by atoms with E-state index in [4.69, 9.17) is 0 Å². The maximum absolute atomic E-state index is 3.68. The SMILES string of the molecule is CC1(C2=CCCCCCC2)CCCN1. The Bertz CT molecular complexity index is 211. The molecule has 1 unspecified atom stereocenters. The molecule has 0 aromatic carbocycles. The highest BCUT2D eigenvalue weighted by Crippen LogP contribution is 2.32. The molecule has 2 aliphatic rings. The van der Waals surface area contributed by atoms with Crippen LogP contribution >= 0.6 is 0 Å². The second-order valence-electron chi connectivity index (χ2n) is 5.04. The van der Waals surface area contributed by atoms with Gasteiger partial charge in [0.15, 0.2) is 0 Å². The number of rotatable bonds is 1. The molecule has 14 heavy (non-hydrogen) atoms. The maximum Gasteiger partial charge on any atom is 0.0365 e. The van der Waals surface area contributed by atoms with Crippen LogP contribution in [0.4, 0.5) is 0 Å². The third kappa shape index (κ3) is 2.20. The summed E-state index contributed by atoms with van der Waals surface area (Å²) in [6.45, 7) is 3.61. The van der Waals surface area contributed by atoms with Crippen molar-refractivity contribution in [3.8, 4) is 0 Å². The third-order valence-corrected chi connectivity index (χ3v) is 3.87. The van der Waals surface area contributed by atoms with Crippen molar-refractivity contribution in [1.29, 1.82) is 0 Å². The number of hydrogen-bond acceptors (Lipinski definition) is 1. The van der Waals surface area contributed by atoms with E-state index in [1.54, 1.807) is 5.57 Å². The molecule has 1 nitrogen and oxygen atoms in total. The number of allylic oxidation sites excluding steroid dienone is 1. The minimum absolute atomic E-state index is 0.358. The van der Waals surface area contributed by atoms with Gasteiger partial charge in [0.1, 0.15) is 0 Å². The molecule has 0 saturated carbocycles. The third-order valence-electron chi connectivity index (χ3n) is 3.87. The fourth-order valence-electron chi connectivity index (χ4n) is 2.86. The summed E-state index contributed by atoms with van der Waals surface area (Å²) in [4.78, 5) is 0. The van der Waals surface area contributed by atoms with E-state index in [0.29, 0.717) is 5.54 Å². The lowest BCUT2D eigenvalue weighted by atomic mass is 9.84. The lowest BCUT2D eigenvalue weighted by Gasteiger charge is -2.29. The standard InChI is InChI=1S/C13H23N/c1-13(10-7-11-14-13)12-8-5-3-2-4-6-9-12/h8,14H,2-7,9-11H2,1H3. The highest BCUT2D eigenvalue weighted by Gasteiger charge is 2.31. The van der Waals surface area contributed by atoms with Crippen molar-refractivity contribution in [2.24, 2.45) is 0 Å². The molecular weight excluding hydrogens is 170 g/mol. The Morgan fingerprint density at radius 1 is 1.14 bits per heavy atom. The van der Waals surface area contributed by atoms with Crippen LogP contribution < -0.4 is 5.32 Å². The lowest BCUT2D eigenvalue weighted by molar-refractivity contribution is 0.454. The number of nitrogens with one attached hydrogen (secondary N) is 1. The molecule has 1 fully saturated rings. The highest BCUT2D eigenvalue weighted by atomic mass is 15.0. The Morgan fingerprint density at radius 2 is 2.00 bits per heavy atom. The Balaban J connectivity index is 2.05. The molecule has 0 aromatic heterocycles. The molecule has 1 atom stereocenters. The van der Waals surface area contributed by atoms with Crippen molar-refractivity contribution in [3.05, 3.63) is 11.6 Å². The van der Waals surface area contributed by atoms with Crippen LogP contribution in [0.2, 0.25) is 0 Å². The minimum Gasteiger partial charge on any atom is -0.308 e. The molecule has 0 radical (unpaired) electrons. The molecule has 1 aliphatic heterocycles. The molecule has 1 heteroatoms. The zero-order chi connectivity index (χ0) is 9.86. The summed E-state index contributed by atoms with van der Waals surface area (Å²) in [6, 6.07) is 0. The molecule has 1 heterocycles. The van der Waals surface area contributed by atoms with E-state index < -0.39 is 0 Å². The molecule has 1 aliphatic carbocycles. The fourth-order valence-corrected chi connectivity index (χ4v) is 2.86. The summed E-state index contributed by atoms with van der Waals surface area (Å²) in [5.74, 6) is 0. The van der Waals surface area contributed by atoms with Gasteiger partial charge >= 0.3 is 0 Å². The average molecular weight is 193 g/mol. The lowest BCUT2D eigenvalue weighted by Crippen LogP contribution is -2.38. The predicted octanol–water partition coefficient (Wildman–Crippen LogP) is 3.41. The summed E-state index contributed by atoms with van der Waals surface area (Å²) >= 11 is 0. The molecule has 1 saturated heterocycles. The van der Waals surface area contributed by atoms with E-state index in [9.17, 15) is 0 Å². The molecule has 2 rings (SSSR count). The van der Waals surface area contributed by atoms with Crippen molar-refractivity contribution in [2.45, 2.75) is 63.8 Å². The van der Waals surface area contributed by atoms with Gasteiger partial charge in [-0.2, -0.15) is 0 Å². The van der Waals surface area contributed by atoms with Gasteiger partial charge in [0.05, 0.1) is 0 Å². The minimum atomic E-state index is 0.358. The van der Waals surface area contributed by atoms with Gasteiger partial charge < -0.3 is 5.32 Å². The molecule has 0 bridgehead atoms. The Labute approximate surface area is 88.0 Å². The van der Waals surface area contributed by atoms with Crippen LogP contribution in [0.3, 0.4) is 0 Å². The van der Waals surface area contributed by atoms with Crippen LogP contribution in [0.5, 0.6) is 0 Å². The molecule has 0 aromatic rings. The van der Waals surface area contributed by atoms with E-state index in [1.807, 2.05) is 0 Å². The van der Waals surface area contributed by atoms with Crippen LogP contribution in [-0.2, 0) is 0 Å². The van der Waals surface area contributed by atoms with Gasteiger partial charge in [-0.25, -0.2) is 0 Å². The largest absolute Gasteiger partial charge is 0.308 e. The zero-order valence-corrected chi connectivity index (χ0v) is 9.44. The molecule has 1 N–H and O–H groups in total. The van der Waals surface area contributed by atoms with Crippen LogP contribution in [0.15, 0.2) is 11.6 Å². The van der Waals surface area contributed by atoms with Gasteiger partial charge in [-0.15, -0.1) is 0 Å². The van der Waals surface area contributed by atoms with Gasteiger partial charge in [-0.3, -0.25) is 0 Å². The Hall–Kier alpha value is -0.300. The first-order chi connectivity index (χ1) is 6.81. The van der Waals surface area contributed by atoms with E-state index in [0.717, 1.165) is 0 Å². The highest BCUT2D eigenvalue weighted by molar-refractivity contribution is 5.21. The fraction of sp³-hybridized carbons (Fsp3) is 0.846. The summed E-state index contributed by atoms with van der Waals surface area (Å²) in [5, 5.41) is 3.68. The van der Waals surface area contributed by atoms with E-state index in [2.05, 4.69) is 18.3 Å². The maximum atomic E-state index is 3.68. The molecule has 80 valence electrons. The normalized spacial score (nSPS) is 34.8. The second-order valence-corrected chi connectivity index (χ2v) is 5.04. The Morgan fingerprint density at radius 3 is 2.79 bits per heavy atom. The predicted molar refractivity (Wildman–Crippen MR) is 61.4 cm³/mol. The first-order valence-corrected chi connectivity index (χ1v) is 6.26. The molecule has 0 spiro atoms. The van der Waals surface area contributed by atoms with Crippen molar-refractivity contribution < 1.29 is 0 Å². The van der Waals surface area contributed by atoms with Gasteiger partial charge in [-0.05, 0) is 52.0 Å². The van der Waals surface area contributed by atoms with Gasteiger partial charge in [0.2, 0.25) is 0 Å². The van der Waals surface area contributed by atoms with E-state index >= 15 is 0 Å². The van der Waals surface area contributed by atoms with E-state index in [1.165, 1.54) is 57.9 Å². The van der Waals surface area contributed by atoms with Gasteiger partial charge in [0, 0.05) is 5.54 Å². The summed E-state index contributed by atoms with van der Waals surface area (Å²) in [5.41, 5.74) is 2.06.